The van der Waals surface area contributed by atoms with Crippen molar-refractivity contribution in [1.82, 2.24) is 0 Å². The Morgan fingerprint density at radius 1 is 1.10 bits per heavy atom. The molecule has 0 unspecified atom stereocenters. The highest BCUT2D eigenvalue weighted by Crippen LogP contribution is 2.51. The number of aryl methyl sites for hydroxylation is 2. The van der Waals surface area contributed by atoms with Crippen LogP contribution in [0.25, 0.3) is 0 Å². The van der Waals surface area contributed by atoms with Gasteiger partial charge in [0.25, 0.3) is 0 Å². The van der Waals surface area contributed by atoms with Crippen LogP contribution in [-0.2, 0) is 10.2 Å². The van der Waals surface area contributed by atoms with Crippen molar-refractivity contribution in [3.8, 4) is 0 Å². The lowest BCUT2D eigenvalue weighted by Crippen LogP contribution is -2.28. The molecule has 1 amide bonds. The van der Waals surface area contributed by atoms with Crippen molar-refractivity contribution in [3.05, 3.63) is 64.2 Å². The first-order valence-corrected chi connectivity index (χ1v) is 7.54. The van der Waals surface area contributed by atoms with E-state index in [2.05, 4.69) is 11.4 Å². The summed E-state index contributed by atoms with van der Waals surface area (Å²) in [5.74, 6) is 0.0422. The maximum absolute atomic E-state index is 12.7. The highest BCUT2D eigenvalue weighted by Gasteiger charge is 2.52. The predicted octanol–water partition coefficient (Wildman–Crippen LogP) is 4.63. The van der Waals surface area contributed by atoms with Crippen LogP contribution in [0.15, 0.2) is 42.5 Å². The van der Waals surface area contributed by atoms with Gasteiger partial charge in [-0.1, -0.05) is 35.9 Å². The Bertz CT molecular complexity index is 684. The Morgan fingerprint density at radius 2 is 1.71 bits per heavy atom. The van der Waals surface area contributed by atoms with Crippen molar-refractivity contribution in [2.75, 3.05) is 5.32 Å². The molecule has 0 aromatic heterocycles. The Morgan fingerprint density at radius 3 is 2.29 bits per heavy atom. The molecule has 0 bridgehead atoms. The van der Waals surface area contributed by atoms with Gasteiger partial charge in [0.1, 0.15) is 0 Å². The second kappa shape index (κ2) is 5.19. The van der Waals surface area contributed by atoms with Gasteiger partial charge in [0.15, 0.2) is 0 Å². The van der Waals surface area contributed by atoms with Gasteiger partial charge in [-0.3, -0.25) is 4.79 Å². The number of anilines is 1. The van der Waals surface area contributed by atoms with Crippen molar-refractivity contribution in [1.29, 1.82) is 0 Å². The zero-order valence-corrected chi connectivity index (χ0v) is 13.0. The van der Waals surface area contributed by atoms with Crippen LogP contribution in [-0.4, -0.2) is 5.91 Å². The molecule has 1 saturated carbocycles. The summed E-state index contributed by atoms with van der Waals surface area (Å²) in [6.07, 6.45) is 1.71. The minimum atomic E-state index is -0.448. The molecule has 2 nitrogen and oxygen atoms in total. The lowest BCUT2D eigenvalue weighted by atomic mass is 9.94. The van der Waals surface area contributed by atoms with Crippen molar-refractivity contribution < 1.29 is 4.79 Å². The average molecular weight is 300 g/mol. The van der Waals surface area contributed by atoms with Gasteiger partial charge in [0.2, 0.25) is 5.91 Å². The Kier molecular flexibility index (Phi) is 3.50. The van der Waals surface area contributed by atoms with Gasteiger partial charge in [0.05, 0.1) is 5.41 Å². The smallest absolute Gasteiger partial charge is 0.235 e. The maximum Gasteiger partial charge on any atom is 0.235 e. The Labute approximate surface area is 130 Å². The first-order valence-electron chi connectivity index (χ1n) is 7.16. The molecule has 0 saturated heterocycles. The number of hydrogen-bond acceptors (Lipinski definition) is 1. The largest absolute Gasteiger partial charge is 0.325 e. The second-order valence-electron chi connectivity index (χ2n) is 5.89. The summed E-state index contributed by atoms with van der Waals surface area (Å²) >= 11 is 6.27. The molecule has 0 radical (unpaired) electrons. The summed E-state index contributed by atoms with van der Waals surface area (Å²) in [7, 11) is 0. The van der Waals surface area contributed by atoms with Gasteiger partial charge in [0, 0.05) is 10.7 Å². The number of halogens is 1. The van der Waals surface area contributed by atoms with Crippen LogP contribution < -0.4 is 5.32 Å². The molecule has 1 N–H and O–H groups in total. The Balaban J connectivity index is 1.87. The number of amides is 1. The van der Waals surface area contributed by atoms with Gasteiger partial charge >= 0.3 is 0 Å². The molecule has 0 heterocycles. The highest BCUT2D eigenvalue weighted by molar-refractivity contribution is 6.32. The van der Waals surface area contributed by atoms with E-state index in [1.54, 1.807) is 0 Å². The molecular formula is C18H18ClNO. The van der Waals surface area contributed by atoms with Crippen LogP contribution >= 0.6 is 11.6 Å². The zero-order chi connectivity index (χ0) is 15.0. The van der Waals surface area contributed by atoms with Crippen LogP contribution in [0.4, 0.5) is 5.69 Å². The Hall–Kier alpha value is -1.80. The van der Waals surface area contributed by atoms with E-state index in [0.717, 1.165) is 35.2 Å². The molecule has 3 rings (SSSR count). The number of carbonyl (C=O) groups excluding carboxylic acids is 1. The van der Waals surface area contributed by atoms with E-state index in [1.165, 1.54) is 0 Å². The molecule has 1 aliphatic rings. The molecule has 0 spiro atoms. The number of benzene rings is 2. The van der Waals surface area contributed by atoms with Crippen molar-refractivity contribution in [2.24, 2.45) is 0 Å². The predicted molar refractivity (Wildman–Crippen MR) is 86.9 cm³/mol. The first-order chi connectivity index (χ1) is 10.0. The van der Waals surface area contributed by atoms with Gasteiger partial charge in [-0.2, -0.15) is 0 Å². The van der Waals surface area contributed by atoms with Crippen molar-refractivity contribution in [3.63, 3.8) is 0 Å². The van der Waals surface area contributed by atoms with E-state index in [9.17, 15) is 4.79 Å². The van der Waals surface area contributed by atoms with Gasteiger partial charge in [-0.15, -0.1) is 0 Å². The van der Waals surface area contributed by atoms with E-state index < -0.39 is 5.41 Å². The molecular weight excluding hydrogens is 282 g/mol. The van der Waals surface area contributed by atoms with Crippen LogP contribution in [0.5, 0.6) is 0 Å². The molecule has 0 aliphatic heterocycles. The topological polar surface area (TPSA) is 29.1 Å². The SMILES string of the molecule is Cc1cc(C)cc(NC(=O)C2(c3ccccc3Cl)CC2)c1. The highest BCUT2D eigenvalue weighted by atomic mass is 35.5. The third kappa shape index (κ3) is 2.68. The van der Waals surface area contributed by atoms with E-state index in [4.69, 9.17) is 11.6 Å². The van der Waals surface area contributed by atoms with E-state index in [-0.39, 0.29) is 5.91 Å². The second-order valence-corrected chi connectivity index (χ2v) is 6.30. The standard InChI is InChI=1S/C18H18ClNO/c1-12-9-13(2)11-14(10-12)20-17(21)18(7-8-18)15-5-3-4-6-16(15)19/h3-6,9-11H,7-8H2,1-2H3,(H,20,21). The van der Waals surface area contributed by atoms with Gasteiger partial charge in [-0.25, -0.2) is 0 Å². The summed E-state index contributed by atoms with van der Waals surface area (Å²) in [6, 6.07) is 13.7. The lowest BCUT2D eigenvalue weighted by Gasteiger charge is -2.17. The van der Waals surface area contributed by atoms with Crippen molar-refractivity contribution >= 4 is 23.2 Å². The first kappa shape index (κ1) is 14.2. The van der Waals surface area contributed by atoms with E-state index in [1.807, 2.05) is 50.2 Å². The third-order valence-corrected chi connectivity index (χ3v) is 4.38. The minimum Gasteiger partial charge on any atom is -0.325 e. The molecule has 1 fully saturated rings. The molecule has 3 heteroatoms. The fourth-order valence-electron chi connectivity index (χ4n) is 2.89. The fourth-order valence-corrected chi connectivity index (χ4v) is 3.21. The number of nitrogens with one attached hydrogen (secondary N) is 1. The number of hydrogen-bond donors (Lipinski definition) is 1. The minimum absolute atomic E-state index is 0.0422. The third-order valence-electron chi connectivity index (χ3n) is 4.05. The number of carbonyl (C=O) groups is 1. The molecule has 21 heavy (non-hydrogen) atoms. The molecule has 2 aromatic rings. The molecule has 2 aromatic carbocycles. The summed E-state index contributed by atoms with van der Waals surface area (Å²) < 4.78 is 0. The fraction of sp³-hybridized carbons (Fsp3) is 0.278. The molecule has 108 valence electrons. The van der Waals surface area contributed by atoms with Gasteiger partial charge < -0.3 is 5.32 Å². The van der Waals surface area contributed by atoms with Gasteiger partial charge in [-0.05, 0) is 61.6 Å². The monoisotopic (exact) mass is 299 g/mol. The summed E-state index contributed by atoms with van der Waals surface area (Å²) in [5.41, 5.74) is 3.64. The van der Waals surface area contributed by atoms with E-state index >= 15 is 0 Å². The molecule has 1 aliphatic carbocycles. The summed E-state index contributed by atoms with van der Waals surface area (Å²) in [6.45, 7) is 4.06. The van der Waals surface area contributed by atoms with E-state index in [0.29, 0.717) is 5.02 Å². The quantitative estimate of drug-likeness (QED) is 0.880. The molecule has 0 atom stereocenters. The lowest BCUT2D eigenvalue weighted by molar-refractivity contribution is -0.118. The van der Waals surface area contributed by atoms with Crippen LogP contribution in [0.2, 0.25) is 5.02 Å². The maximum atomic E-state index is 12.7. The summed E-state index contributed by atoms with van der Waals surface area (Å²) in [5, 5.41) is 3.73. The normalized spacial score (nSPS) is 15.6. The summed E-state index contributed by atoms with van der Waals surface area (Å²) in [4.78, 5) is 12.7. The van der Waals surface area contributed by atoms with Crippen LogP contribution in [0.3, 0.4) is 0 Å². The number of rotatable bonds is 3. The van der Waals surface area contributed by atoms with Crippen molar-refractivity contribution in [2.45, 2.75) is 32.1 Å². The zero-order valence-electron chi connectivity index (χ0n) is 12.2. The van der Waals surface area contributed by atoms with Crippen LogP contribution in [0, 0.1) is 13.8 Å². The van der Waals surface area contributed by atoms with Crippen LogP contribution in [0.1, 0.15) is 29.5 Å². The average Bonchev–Trinajstić information content (AvgIpc) is 3.19.